The third-order valence-corrected chi connectivity index (χ3v) is 9.61. The zero-order valence-corrected chi connectivity index (χ0v) is 25.4. The standard InChI is InChI=1S/C34H43FN4O3/c1-21(2)37(5)34(42)29-16-28(35)8-9-31(29)39-19-27(33-22(3)17-36-18-32(33)39)15-24-6-7-26(14-24)30(20-40)25-10-12-38(13-11-25)23(4)41/h8-9,16-21,24-26,40H,6-7,10-15H2,1-5H3/b30-20+/t24-,26?/m1/s1. The first-order valence-electron chi connectivity index (χ1n) is 15.2. The predicted octanol–water partition coefficient (Wildman–Crippen LogP) is 6.61. The van der Waals surface area contributed by atoms with Crippen molar-refractivity contribution < 1.29 is 19.1 Å². The summed E-state index contributed by atoms with van der Waals surface area (Å²) >= 11 is 0. The van der Waals surface area contributed by atoms with Gasteiger partial charge in [-0.05, 0) is 112 Å². The smallest absolute Gasteiger partial charge is 0.256 e. The molecule has 1 saturated carbocycles. The van der Waals surface area contributed by atoms with Gasteiger partial charge in [-0.3, -0.25) is 14.6 Å². The topological polar surface area (TPSA) is 78.7 Å². The van der Waals surface area contributed by atoms with Crippen molar-refractivity contribution in [3.05, 3.63) is 71.1 Å². The number of aromatic nitrogens is 2. The van der Waals surface area contributed by atoms with E-state index in [9.17, 15) is 19.1 Å². The van der Waals surface area contributed by atoms with Gasteiger partial charge >= 0.3 is 0 Å². The van der Waals surface area contributed by atoms with E-state index in [0.29, 0.717) is 29.0 Å². The quantitative estimate of drug-likeness (QED) is 0.322. The van der Waals surface area contributed by atoms with E-state index in [2.05, 4.69) is 18.1 Å². The van der Waals surface area contributed by atoms with Crippen molar-refractivity contribution in [2.24, 2.45) is 17.8 Å². The lowest BCUT2D eigenvalue weighted by molar-refractivity contribution is -0.130. The molecule has 42 heavy (non-hydrogen) atoms. The first-order chi connectivity index (χ1) is 20.1. The first-order valence-corrected chi connectivity index (χ1v) is 15.2. The summed E-state index contributed by atoms with van der Waals surface area (Å²) in [6.45, 7) is 9.06. The molecule has 1 aliphatic heterocycles. The van der Waals surface area contributed by atoms with E-state index in [1.165, 1.54) is 24.0 Å². The van der Waals surface area contributed by atoms with Crippen LogP contribution in [-0.4, -0.2) is 62.5 Å². The van der Waals surface area contributed by atoms with Crippen LogP contribution in [-0.2, 0) is 11.2 Å². The van der Waals surface area contributed by atoms with Gasteiger partial charge in [-0.2, -0.15) is 0 Å². The molecule has 224 valence electrons. The Kier molecular flexibility index (Phi) is 8.71. The number of aliphatic hydroxyl groups excluding tert-OH is 1. The molecule has 1 N–H and O–H groups in total. The fourth-order valence-corrected chi connectivity index (χ4v) is 7.06. The first kappa shape index (κ1) is 29.8. The number of hydrogen-bond acceptors (Lipinski definition) is 4. The van der Waals surface area contributed by atoms with Gasteiger partial charge in [-0.25, -0.2) is 4.39 Å². The largest absolute Gasteiger partial charge is 0.516 e. The molecule has 8 heteroatoms. The predicted molar refractivity (Wildman–Crippen MR) is 163 cm³/mol. The zero-order valence-electron chi connectivity index (χ0n) is 25.4. The number of nitrogens with zero attached hydrogens (tertiary/aromatic N) is 4. The molecule has 1 aromatic carbocycles. The number of halogens is 1. The number of amides is 2. The average molecular weight is 575 g/mol. The number of rotatable bonds is 7. The number of aryl methyl sites for hydroxylation is 1. The van der Waals surface area contributed by atoms with Gasteiger partial charge in [0.1, 0.15) is 5.82 Å². The van der Waals surface area contributed by atoms with Crippen molar-refractivity contribution in [1.29, 1.82) is 0 Å². The van der Waals surface area contributed by atoms with Crippen LogP contribution >= 0.6 is 0 Å². The number of hydrogen-bond donors (Lipinski definition) is 1. The zero-order chi connectivity index (χ0) is 30.1. The second-order valence-corrected chi connectivity index (χ2v) is 12.5. The van der Waals surface area contributed by atoms with E-state index < -0.39 is 5.82 Å². The van der Waals surface area contributed by atoms with Gasteiger partial charge in [0.05, 0.1) is 29.2 Å². The fraction of sp³-hybridized carbons (Fsp3) is 0.500. The van der Waals surface area contributed by atoms with E-state index in [0.717, 1.165) is 73.7 Å². The highest BCUT2D eigenvalue weighted by Gasteiger charge is 2.34. The van der Waals surface area contributed by atoms with Crippen LogP contribution in [0.2, 0.25) is 0 Å². The number of aliphatic hydroxyl groups is 1. The minimum atomic E-state index is -0.443. The van der Waals surface area contributed by atoms with Crippen molar-refractivity contribution in [2.45, 2.75) is 72.3 Å². The Morgan fingerprint density at radius 2 is 1.88 bits per heavy atom. The second-order valence-electron chi connectivity index (χ2n) is 12.5. The molecular weight excluding hydrogens is 531 g/mol. The molecule has 0 spiro atoms. The lowest BCUT2D eigenvalue weighted by atomic mass is 9.81. The summed E-state index contributed by atoms with van der Waals surface area (Å²) < 4.78 is 16.4. The second kappa shape index (κ2) is 12.3. The van der Waals surface area contributed by atoms with Gasteiger partial charge in [0.25, 0.3) is 5.91 Å². The van der Waals surface area contributed by atoms with Crippen LogP contribution in [0.15, 0.2) is 48.6 Å². The molecule has 0 bridgehead atoms. The average Bonchev–Trinajstić information content (AvgIpc) is 3.58. The number of carbonyl (C=O) groups is 2. The lowest BCUT2D eigenvalue weighted by Crippen LogP contribution is -2.38. The number of benzene rings is 1. The molecular formula is C34H43FN4O3. The molecule has 3 aromatic rings. The van der Waals surface area contributed by atoms with Crippen molar-refractivity contribution in [2.75, 3.05) is 20.1 Å². The van der Waals surface area contributed by atoms with E-state index in [4.69, 9.17) is 0 Å². The summed E-state index contributed by atoms with van der Waals surface area (Å²) in [4.78, 5) is 33.2. The van der Waals surface area contributed by atoms with Crippen LogP contribution in [0, 0.1) is 30.5 Å². The summed E-state index contributed by atoms with van der Waals surface area (Å²) in [6, 6.07) is 4.39. The lowest BCUT2D eigenvalue weighted by Gasteiger charge is -2.34. The maximum absolute atomic E-state index is 14.4. The highest BCUT2D eigenvalue weighted by molar-refractivity contribution is 5.99. The number of piperidine rings is 1. The summed E-state index contributed by atoms with van der Waals surface area (Å²) in [5.41, 5.74) is 5.28. The highest BCUT2D eigenvalue weighted by Crippen LogP contribution is 2.43. The molecule has 5 rings (SSSR count). The van der Waals surface area contributed by atoms with Crippen LogP contribution in [0.3, 0.4) is 0 Å². The molecule has 1 saturated heterocycles. The number of pyridine rings is 1. The molecule has 3 heterocycles. The van der Waals surface area contributed by atoms with Crippen LogP contribution < -0.4 is 0 Å². The third kappa shape index (κ3) is 5.81. The van der Waals surface area contributed by atoms with E-state index >= 15 is 0 Å². The van der Waals surface area contributed by atoms with Gasteiger partial charge in [0.15, 0.2) is 0 Å². The minimum absolute atomic E-state index is 0.0237. The Morgan fingerprint density at radius 1 is 1.14 bits per heavy atom. The summed E-state index contributed by atoms with van der Waals surface area (Å²) in [7, 11) is 1.74. The Morgan fingerprint density at radius 3 is 2.55 bits per heavy atom. The van der Waals surface area contributed by atoms with Gasteiger partial charge < -0.3 is 19.5 Å². The fourth-order valence-electron chi connectivity index (χ4n) is 7.06. The van der Waals surface area contributed by atoms with E-state index in [1.807, 2.05) is 35.7 Å². The van der Waals surface area contributed by atoms with E-state index in [1.54, 1.807) is 24.9 Å². The Labute approximate surface area is 248 Å². The van der Waals surface area contributed by atoms with Gasteiger partial charge in [-0.1, -0.05) is 0 Å². The Bertz CT molecular complexity index is 1500. The molecule has 7 nitrogen and oxygen atoms in total. The van der Waals surface area contributed by atoms with Crippen molar-refractivity contribution in [1.82, 2.24) is 19.4 Å². The number of carbonyl (C=O) groups excluding carboxylic acids is 2. The molecule has 2 fully saturated rings. The normalized spacial score (nSPS) is 20.1. The van der Waals surface area contributed by atoms with Crippen molar-refractivity contribution >= 4 is 22.7 Å². The summed E-state index contributed by atoms with van der Waals surface area (Å²) in [6.07, 6.45) is 13.0. The number of allylic oxidation sites excluding steroid dienone is 1. The van der Waals surface area contributed by atoms with Gasteiger partial charge in [0.2, 0.25) is 5.91 Å². The molecule has 2 amide bonds. The summed E-state index contributed by atoms with van der Waals surface area (Å²) in [5, 5.41) is 11.4. The monoisotopic (exact) mass is 574 g/mol. The molecule has 2 aliphatic rings. The maximum Gasteiger partial charge on any atom is 0.256 e. The van der Waals surface area contributed by atoms with Crippen molar-refractivity contribution in [3.63, 3.8) is 0 Å². The molecule has 0 radical (unpaired) electrons. The maximum atomic E-state index is 14.4. The van der Waals surface area contributed by atoms with Gasteiger partial charge in [0, 0.05) is 50.9 Å². The minimum Gasteiger partial charge on any atom is -0.516 e. The van der Waals surface area contributed by atoms with Gasteiger partial charge in [-0.15, -0.1) is 0 Å². The van der Waals surface area contributed by atoms with E-state index in [-0.39, 0.29) is 17.9 Å². The molecule has 2 aromatic heterocycles. The third-order valence-electron chi connectivity index (χ3n) is 9.61. The molecule has 1 unspecified atom stereocenters. The van der Waals surface area contributed by atoms with Crippen molar-refractivity contribution in [3.8, 4) is 5.69 Å². The summed E-state index contributed by atoms with van der Waals surface area (Å²) in [5.74, 6) is 0.579. The van der Waals surface area contributed by atoms with Crippen LogP contribution in [0.5, 0.6) is 0 Å². The number of likely N-dealkylation sites (tertiary alicyclic amines) is 1. The Hall–Kier alpha value is -3.68. The SMILES string of the molecule is CC(=O)N1CCC(/C(=C\O)C2CC[C@@H](Cc3cn(-c4ccc(F)cc4C(=O)N(C)C(C)C)c4cncc(C)c34)C2)CC1. The Balaban J connectivity index is 1.41. The van der Waals surface area contributed by atoms with Crippen LogP contribution in [0.25, 0.3) is 16.6 Å². The number of fused-ring (bicyclic) bond motifs is 1. The highest BCUT2D eigenvalue weighted by atomic mass is 19.1. The van der Waals surface area contributed by atoms with Crippen LogP contribution in [0.4, 0.5) is 4.39 Å². The molecule has 1 aliphatic carbocycles. The molecule has 2 atom stereocenters. The van der Waals surface area contributed by atoms with Crippen LogP contribution in [0.1, 0.15) is 74.4 Å².